The van der Waals surface area contributed by atoms with Crippen LogP contribution < -0.4 is 5.73 Å². The van der Waals surface area contributed by atoms with E-state index in [0.717, 1.165) is 17.2 Å². The molecule has 2 aromatic rings. The summed E-state index contributed by atoms with van der Waals surface area (Å²) in [4.78, 5) is 4.32. The molecule has 1 aromatic heterocycles. The number of aromatic nitrogens is 2. The molecule has 0 aliphatic heterocycles. The van der Waals surface area contributed by atoms with Crippen molar-refractivity contribution < 1.29 is 0 Å². The fourth-order valence-corrected chi connectivity index (χ4v) is 2.72. The van der Waals surface area contributed by atoms with E-state index in [1.165, 1.54) is 19.3 Å². The highest BCUT2D eigenvalue weighted by molar-refractivity contribution is 5.26. The monoisotopic (exact) mass is 285 g/mol. The van der Waals surface area contributed by atoms with Crippen molar-refractivity contribution in [3.8, 4) is 0 Å². The Bertz CT molecular complexity index is 530. The molecule has 0 fully saturated rings. The largest absolute Gasteiger partial charge is 0.330 e. The fraction of sp³-hybridized carbons (Fsp3) is 0.500. The molecule has 0 amide bonds. The molecule has 0 saturated heterocycles. The standard InChI is InChI=1S/C18H27N3/c1-14(2)8-7-9-15(3)21-13-20-12-17(21)18(19)16-10-5-4-6-11-16/h4-6,10-15,18H,7-9,19H2,1-3H3. The van der Waals surface area contributed by atoms with E-state index in [2.05, 4.69) is 42.5 Å². The Balaban J connectivity index is 2.07. The normalized spacial score (nSPS) is 14.3. The van der Waals surface area contributed by atoms with Gasteiger partial charge in [0.15, 0.2) is 0 Å². The summed E-state index contributed by atoms with van der Waals surface area (Å²) < 4.78 is 2.23. The molecule has 0 aliphatic carbocycles. The van der Waals surface area contributed by atoms with Crippen LogP contribution in [-0.2, 0) is 0 Å². The number of nitrogens with two attached hydrogens (primary N) is 1. The molecular weight excluding hydrogens is 258 g/mol. The molecule has 1 aromatic carbocycles. The molecule has 0 bridgehead atoms. The molecule has 21 heavy (non-hydrogen) atoms. The summed E-state index contributed by atoms with van der Waals surface area (Å²) in [7, 11) is 0. The van der Waals surface area contributed by atoms with E-state index < -0.39 is 0 Å². The summed E-state index contributed by atoms with van der Waals surface area (Å²) in [6.07, 6.45) is 7.51. The highest BCUT2D eigenvalue weighted by Gasteiger charge is 2.16. The van der Waals surface area contributed by atoms with Crippen molar-refractivity contribution in [2.75, 3.05) is 0 Å². The van der Waals surface area contributed by atoms with Crippen LogP contribution in [0.2, 0.25) is 0 Å². The van der Waals surface area contributed by atoms with Crippen molar-refractivity contribution in [1.29, 1.82) is 0 Å². The molecule has 0 radical (unpaired) electrons. The molecule has 2 N–H and O–H groups in total. The quantitative estimate of drug-likeness (QED) is 0.823. The van der Waals surface area contributed by atoms with Crippen molar-refractivity contribution in [3.63, 3.8) is 0 Å². The maximum Gasteiger partial charge on any atom is 0.0951 e. The number of imidazole rings is 1. The molecular formula is C18H27N3. The van der Waals surface area contributed by atoms with E-state index in [1.807, 2.05) is 30.7 Å². The van der Waals surface area contributed by atoms with E-state index in [9.17, 15) is 0 Å². The van der Waals surface area contributed by atoms with Crippen LogP contribution in [0.5, 0.6) is 0 Å². The maximum atomic E-state index is 6.42. The average molecular weight is 285 g/mol. The smallest absolute Gasteiger partial charge is 0.0951 e. The van der Waals surface area contributed by atoms with Crippen molar-refractivity contribution in [2.45, 2.75) is 52.1 Å². The number of hydrogen-bond acceptors (Lipinski definition) is 2. The van der Waals surface area contributed by atoms with Gasteiger partial charge in [0.2, 0.25) is 0 Å². The lowest BCUT2D eigenvalue weighted by Gasteiger charge is -2.20. The molecule has 3 heteroatoms. The Morgan fingerprint density at radius 3 is 2.48 bits per heavy atom. The van der Waals surface area contributed by atoms with Gasteiger partial charge in [-0.25, -0.2) is 4.98 Å². The Morgan fingerprint density at radius 1 is 1.10 bits per heavy atom. The second kappa shape index (κ2) is 7.41. The zero-order chi connectivity index (χ0) is 15.2. The van der Waals surface area contributed by atoms with Crippen LogP contribution in [0.1, 0.15) is 63.4 Å². The van der Waals surface area contributed by atoms with E-state index in [1.54, 1.807) is 0 Å². The minimum Gasteiger partial charge on any atom is -0.330 e. The van der Waals surface area contributed by atoms with Gasteiger partial charge in [-0.05, 0) is 24.8 Å². The molecule has 2 atom stereocenters. The zero-order valence-electron chi connectivity index (χ0n) is 13.4. The molecule has 1 heterocycles. The predicted molar refractivity (Wildman–Crippen MR) is 88.1 cm³/mol. The zero-order valence-corrected chi connectivity index (χ0v) is 13.4. The topological polar surface area (TPSA) is 43.8 Å². The lowest BCUT2D eigenvalue weighted by molar-refractivity contribution is 0.435. The minimum atomic E-state index is -0.110. The first-order valence-electron chi connectivity index (χ1n) is 7.91. The molecule has 2 rings (SSSR count). The summed E-state index contributed by atoms with van der Waals surface area (Å²) in [5, 5.41) is 0. The number of hydrogen-bond donors (Lipinski definition) is 1. The number of nitrogens with zero attached hydrogens (tertiary/aromatic N) is 2. The summed E-state index contributed by atoms with van der Waals surface area (Å²) in [6, 6.07) is 10.6. The molecule has 0 spiro atoms. The number of benzene rings is 1. The molecule has 0 saturated carbocycles. The van der Waals surface area contributed by atoms with E-state index >= 15 is 0 Å². The highest BCUT2D eigenvalue weighted by Crippen LogP contribution is 2.24. The van der Waals surface area contributed by atoms with E-state index in [-0.39, 0.29) is 6.04 Å². The summed E-state index contributed by atoms with van der Waals surface area (Å²) >= 11 is 0. The summed E-state index contributed by atoms with van der Waals surface area (Å²) in [5.41, 5.74) is 8.64. The third-order valence-electron chi connectivity index (χ3n) is 4.05. The van der Waals surface area contributed by atoms with Gasteiger partial charge in [0, 0.05) is 6.04 Å². The first kappa shape index (κ1) is 15.8. The lowest BCUT2D eigenvalue weighted by atomic mass is 10.0. The fourth-order valence-electron chi connectivity index (χ4n) is 2.72. The van der Waals surface area contributed by atoms with Crippen LogP contribution in [0.15, 0.2) is 42.9 Å². The van der Waals surface area contributed by atoms with E-state index in [4.69, 9.17) is 5.73 Å². The van der Waals surface area contributed by atoms with Gasteiger partial charge in [-0.3, -0.25) is 0 Å². The van der Waals surface area contributed by atoms with Crippen LogP contribution in [0, 0.1) is 5.92 Å². The third-order valence-corrected chi connectivity index (χ3v) is 4.05. The predicted octanol–water partition coefficient (Wildman–Crippen LogP) is 4.32. The van der Waals surface area contributed by atoms with Crippen molar-refractivity contribution in [2.24, 2.45) is 11.7 Å². The average Bonchev–Trinajstić information content (AvgIpc) is 2.96. The van der Waals surface area contributed by atoms with Gasteiger partial charge in [0.1, 0.15) is 0 Å². The van der Waals surface area contributed by atoms with Crippen molar-refractivity contribution in [1.82, 2.24) is 9.55 Å². The van der Waals surface area contributed by atoms with Crippen LogP contribution in [0.4, 0.5) is 0 Å². The van der Waals surface area contributed by atoms with Gasteiger partial charge >= 0.3 is 0 Å². The minimum absolute atomic E-state index is 0.110. The van der Waals surface area contributed by atoms with Crippen molar-refractivity contribution >= 4 is 0 Å². The lowest BCUT2D eigenvalue weighted by Crippen LogP contribution is -2.18. The van der Waals surface area contributed by atoms with E-state index in [0.29, 0.717) is 6.04 Å². The highest BCUT2D eigenvalue weighted by atomic mass is 15.1. The second-order valence-electron chi connectivity index (χ2n) is 6.29. The second-order valence-corrected chi connectivity index (χ2v) is 6.29. The summed E-state index contributed by atoms with van der Waals surface area (Å²) in [5.74, 6) is 0.769. The van der Waals surface area contributed by atoms with Crippen LogP contribution in [-0.4, -0.2) is 9.55 Å². The van der Waals surface area contributed by atoms with Gasteiger partial charge in [-0.15, -0.1) is 0 Å². The Hall–Kier alpha value is -1.61. The Labute approximate surface area is 128 Å². The Kier molecular flexibility index (Phi) is 5.57. The van der Waals surface area contributed by atoms with Gasteiger partial charge < -0.3 is 10.3 Å². The molecule has 3 nitrogen and oxygen atoms in total. The first-order valence-corrected chi connectivity index (χ1v) is 7.91. The van der Waals surface area contributed by atoms with Gasteiger partial charge in [0.05, 0.1) is 24.3 Å². The van der Waals surface area contributed by atoms with Crippen LogP contribution in [0.3, 0.4) is 0 Å². The van der Waals surface area contributed by atoms with Gasteiger partial charge in [0.25, 0.3) is 0 Å². The van der Waals surface area contributed by atoms with Crippen LogP contribution in [0.25, 0.3) is 0 Å². The summed E-state index contributed by atoms with van der Waals surface area (Å²) in [6.45, 7) is 6.81. The van der Waals surface area contributed by atoms with Gasteiger partial charge in [-0.1, -0.05) is 57.0 Å². The first-order chi connectivity index (χ1) is 10.1. The Morgan fingerprint density at radius 2 is 1.81 bits per heavy atom. The van der Waals surface area contributed by atoms with Crippen molar-refractivity contribution in [3.05, 3.63) is 54.1 Å². The third kappa shape index (κ3) is 4.18. The maximum absolute atomic E-state index is 6.42. The van der Waals surface area contributed by atoms with Crippen LogP contribution >= 0.6 is 0 Å². The number of rotatable bonds is 7. The van der Waals surface area contributed by atoms with Gasteiger partial charge in [-0.2, -0.15) is 0 Å². The SMILES string of the molecule is CC(C)CCCC(C)n1cncc1C(N)c1ccccc1. The molecule has 0 aliphatic rings. The molecule has 2 unspecified atom stereocenters. The molecule has 114 valence electrons.